The zero-order chi connectivity index (χ0) is 18.1. The molecule has 25 heavy (non-hydrogen) atoms. The highest BCUT2D eigenvalue weighted by Crippen LogP contribution is 2.13. The maximum Gasteiger partial charge on any atom is 0.261 e. The maximum atomic E-state index is 11.9. The van der Waals surface area contributed by atoms with Gasteiger partial charge in [0.1, 0.15) is 5.75 Å². The predicted molar refractivity (Wildman–Crippen MR) is 99.9 cm³/mol. The summed E-state index contributed by atoms with van der Waals surface area (Å²) in [6.45, 7) is 4.95. The SMILES string of the molecule is CC(C)Oc1ccc(CNC(=O)CCCNC(=O)c2cccs2)cc1. The largest absolute Gasteiger partial charge is 0.491 e. The Bertz CT molecular complexity index is 666. The molecule has 0 aliphatic carbocycles. The summed E-state index contributed by atoms with van der Waals surface area (Å²) >= 11 is 1.40. The number of hydrogen-bond acceptors (Lipinski definition) is 4. The molecule has 0 spiro atoms. The topological polar surface area (TPSA) is 67.4 Å². The maximum absolute atomic E-state index is 11.9. The second-order valence-corrected chi connectivity index (χ2v) is 6.87. The Morgan fingerprint density at radius 2 is 1.88 bits per heavy atom. The zero-order valence-electron chi connectivity index (χ0n) is 14.6. The molecule has 2 aromatic rings. The minimum absolute atomic E-state index is 0.0205. The molecule has 2 amide bonds. The summed E-state index contributed by atoms with van der Waals surface area (Å²) in [5, 5.41) is 7.56. The Morgan fingerprint density at radius 3 is 2.52 bits per heavy atom. The molecule has 1 aromatic heterocycles. The first-order chi connectivity index (χ1) is 12.0. The zero-order valence-corrected chi connectivity index (χ0v) is 15.4. The van der Waals surface area contributed by atoms with E-state index in [-0.39, 0.29) is 17.9 Å². The van der Waals surface area contributed by atoms with Crippen molar-refractivity contribution in [1.82, 2.24) is 10.6 Å². The lowest BCUT2D eigenvalue weighted by Crippen LogP contribution is -2.26. The Morgan fingerprint density at radius 1 is 1.12 bits per heavy atom. The van der Waals surface area contributed by atoms with Crippen LogP contribution in [0.15, 0.2) is 41.8 Å². The van der Waals surface area contributed by atoms with Crippen molar-refractivity contribution in [3.8, 4) is 5.75 Å². The predicted octanol–water partition coefficient (Wildman–Crippen LogP) is 3.36. The van der Waals surface area contributed by atoms with Crippen molar-refractivity contribution in [1.29, 1.82) is 0 Å². The van der Waals surface area contributed by atoms with E-state index in [1.807, 2.05) is 49.6 Å². The van der Waals surface area contributed by atoms with Gasteiger partial charge in [-0.1, -0.05) is 18.2 Å². The van der Waals surface area contributed by atoms with E-state index in [4.69, 9.17) is 4.74 Å². The molecule has 1 heterocycles. The van der Waals surface area contributed by atoms with Gasteiger partial charge in [-0.25, -0.2) is 0 Å². The molecule has 2 N–H and O–H groups in total. The molecule has 0 unspecified atom stereocenters. The van der Waals surface area contributed by atoms with Crippen LogP contribution in [0.25, 0.3) is 0 Å². The van der Waals surface area contributed by atoms with E-state index in [0.717, 1.165) is 11.3 Å². The number of nitrogens with one attached hydrogen (secondary N) is 2. The van der Waals surface area contributed by atoms with Gasteiger partial charge < -0.3 is 15.4 Å². The highest BCUT2D eigenvalue weighted by Gasteiger charge is 2.06. The summed E-state index contributed by atoms with van der Waals surface area (Å²) < 4.78 is 5.59. The van der Waals surface area contributed by atoms with E-state index in [9.17, 15) is 9.59 Å². The quantitative estimate of drug-likeness (QED) is 0.674. The van der Waals surface area contributed by atoms with E-state index in [0.29, 0.717) is 30.8 Å². The number of carbonyl (C=O) groups excluding carboxylic acids is 2. The minimum atomic E-state index is -0.0842. The second kappa shape index (κ2) is 9.84. The summed E-state index contributed by atoms with van der Waals surface area (Å²) in [4.78, 5) is 24.3. The molecule has 1 aromatic carbocycles. The average Bonchev–Trinajstić information content (AvgIpc) is 3.12. The van der Waals surface area contributed by atoms with E-state index >= 15 is 0 Å². The van der Waals surface area contributed by atoms with Gasteiger partial charge in [-0.3, -0.25) is 9.59 Å². The van der Waals surface area contributed by atoms with Crippen molar-refractivity contribution in [2.24, 2.45) is 0 Å². The van der Waals surface area contributed by atoms with Gasteiger partial charge in [0.2, 0.25) is 5.91 Å². The molecule has 134 valence electrons. The number of ether oxygens (including phenoxy) is 1. The molecule has 0 bridgehead atoms. The number of carbonyl (C=O) groups is 2. The van der Waals surface area contributed by atoms with Gasteiger partial charge in [-0.05, 0) is 49.4 Å². The molecule has 0 aliphatic heterocycles. The van der Waals surface area contributed by atoms with Gasteiger partial charge in [0.15, 0.2) is 0 Å². The molecule has 0 aliphatic rings. The summed E-state index contributed by atoms with van der Waals surface area (Å²) in [6, 6.07) is 11.3. The van der Waals surface area contributed by atoms with Crippen LogP contribution >= 0.6 is 11.3 Å². The molecule has 0 saturated heterocycles. The Labute approximate surface area is 152 Å². The van der Waals surface area contributed by atoms with Crippen molar-refractivity contribution in [3.05, 3.63) is 52.2 Å². The van der Waals surface area contributed by atoms with Crippen LogP contribution in [0.4, 0.5) is 0 Å². The standard InChI is InChI=1S/C19H24N2O3S/c1-14(2)24-16-9-7-15(8-10-16)13-21-18(22)6-3-11-20-19(23)17-5-4-12-25-17/h4-5,7-10,12,14H,3,6,11,13H2,1-2H3,(H,20,23)(H,21,22). The Hall–Kier alpha value is -2.34. The summed E-state index contributed by atoms with van der Waals surface area (Å²) in [5.74, 6) is 0.721. The number of amides is 2. The molecule has 6 heteroatoms. The van der Waals surface area contributed by atoms with Crippen molar-refractivity contribution in [2.45, 2.75) is 39.3 Å². The van der Waals surface area contributed by atoms with E-state index in [2.05, 4.69) is 10.6 Å². The van der Waals surface area contributed by atoms with Crippen LogP contribution in [0.1, 0.15) is 41.9 Å². The highest BCUT2D eigenvalue weighted by atomic mass is 32.1. The van der Waals surface area contributed by atoms with Crippen LogP contribution in [-0.4, -0.2) is 24.5 Å². The number of rotatable bonds is 9. The molecule has 0 radical (unpaired) electrons. The summed E-state index contributed by atoms with van der Waals surface area (Å²) in [6.07, 6.45) is 1.15. The van der Waals surface area contributed by atoms with Crippen molar-refractivity contribution in [3.63, 3.8) is 0 Å². The smallest absolute Gasteiger partial charge is 0.261 e. The van der Waals surface area contributed by atoms with Crippen LogP contribution in [-0.2, 0) is 11.3 Å². The fourth-order valence-electron chi connectivity index (χ4n) is 2.19. The minimum Gasteiger partial charge on any atom is -0.491 e. The first-order valence-corrected chi connectivity index (χ1v) is 9.26. The third kappa shape index (κ3) is 6.97. The number of thiophene rings is 1. The van der Waals surface area contributed by atoms with Crippen LogP contribution in [0.2, 0.25) is 0 Å². The fourth-order valence-corrected chi connectivity index (χ4v) is 2.83. The first-order valence-electron chi connectivity index (χ1n) is 8.38. The molecular weight excluding hydrogens is 336 g/mol. The van der Waals surface area contributed by atoms with E-state index in [1.54, 1.807) is 6.07 Å². The first kappa shape index (κ1) is 19.0. The van der Waals surface area contributed by atoms with Crippen molar-refractivity contribution >= 4 is 23.2 Å². The van der Waals surface area contributed by atoms with Gasteiger partial charge in [0, 0.05) is 19.5 Å². The Balaban J connectivity index is 1.61. The number of benzene rings is 1. The van der Waals surface area contributed by atoms with Crippen molar-refractivity contribution < 1.29 is 14.3 Å². The molecular formula is C19H24N2O3S. The lowest BCUT2D eigenvalue weighted by atomic mass is 10.2. The second-order valence-electron chi connectivity index (χ2n) is 5.92. The van der Waals surface area contributed by atoms with Crippen LogP contribution in [0.3, 0.4) is 0 Å². The molecule has 0 fully saturated rings. The molecule has 2 rings (SSSR count). The highest BCUT2D eigenvalue weighted by molar-refractivity contribution is 7.12. The average molecular weight is 360 g/mol. The van der Waals surface area contributed by atoms with Crippen molar-refractivity contribution in [2.75, 3.05) is 6.54 Å². The lowest BCUT2D eigenvalue weighted by Gasteiger charge is -2.10. The normalized spacial score (nSPS) is 10.5. The van der Waals surface area contributed by atoms with Gasteiger partial charge >= 0.3 is 0 Å². The number of hydrogen-bond donors (Lipinski definition) is 2. The molecule has 0 atom stereocenters. The van der Waals surface area contributed by atoms with Crippen LogP contribution in [0, 0.1) is 0 Å². The fraction of sp³-hybridized carbons (Fsp3) is 0.368. The van der Waals surface area contributed by atoms with Gasteiger partial charge in [-0.15, -0.1) is 11.3 Å². The summed E-state index contributed by atoms with van der Waals surface area (Å²) in [5.41, 5.74) is 1.02. The molecule has 0 saturated carbocycles. The third-order valence-electron chi connectivity index (χ3n) is 3.40. The third-order valence-corrected chi connectivity index (χ3v) is 4.26. The monoisotopic (exact) mass is 360 g/mol. The van der Waals surface area contributed by atoms with Gasteiger partial charge in [-0.2, -0.15) is 0 Å². The van der Waals surface area contributed by atoms with E-state index in [1.165, 1.54) is 11.3 Å². The lowest BCUT2D eigenvalue weighted by molar-refractivity contribution is -0.121. The van der Waals surface area contributed by atoms with Crippen LogP contribution < -0.4 is 15.4 Å². The van der Waals surface area contributed by atoms with Gasteiger partial charge in [0.05, 0.1) is 11.0 Å². The van der Waals surface area contributed by atoms with Gasteiger partial charge in [0.25, 0.3) is 5.91 Å². The molecule has 5 nitrogen and oxygen atoms in total. The summed E-state index contributed by atoms with van der Waals surface area (Å²) in [7, 11) is 0. The Kier molecular flexibility index (Phi) is 7.47. The van der Waals surface area contributed by atoms with Crippen LogP contribution in [0.5, 0.6) is 5.75 Å². The van der Waals surface area contributed by atoms with E-state index < -0.39 is 0 Å².